The maximum atomic E-state index is 11.9. The molecule has 7 heteroatoms. The molecular formula is C17H24N6O. The largest absolute Gasteiger partial charge is 0.378 e. The lowest BCUT2D eigenvalue weighted by Gasteiger charge is -2.13. The molecule has 0 atom stereocenters. The van der Waals surface area contributed by atoms with Crippen LogP contribution in [0.25, 0.3) is 0 Å². The molecule has 0 unspecified atom stereocenters. The number of nitrogens with one attached hydrogen (secondary N) is 2. The number of nitrogens with zero attached hydrogens (tertiary/aromatic N) is 4. The zero-order valence-electron chi connectivity index (χ0n) is 14.6. The first-order valence-corrected chi connectivity index (χ1v) is 7.77. The number of carbonyl (C=O) groups excluding carboxylic acids is 1. The van der Waals surface area contributed by atoms with Gasteiger partial charge in [-0.25, -0.2) is 0 Å². The lowest BCUT2D eigenvalue weighted by molar-refractivity contribution is 0.0945. The third-order valence-electron chi connectivity index (χ3n) is 3.40. The van der Waals surface area contributed by atoms with Crippen molar-refractivity contribution in [3.8, 4) is 0 Å². The second kappa shape index (κ2) is 8.26. The summed E-state index contributed by atoms with van der Waals surface area (Å²) in [6.07, 6.45) is 0. The molecule has 1 amide bonds. The van der Waals surface area contributed by atoms with Gasteiger partial charge in [0.15, 0.2) is 11.5 Å². The SMILES string of the molecule is CN(C)CCNC(=O)c1ccc(Nc2ccc(N(C)C)cc2)nn1. The Labute approximate surface area is 142 Å². The van der Waals surface area contributed by atoms with Crippen LogP contribution in [0.4, 0.5) is 17.2 Å². The smallest absolute Gasteiger partial charge is 0.271 e. The van der Waals surface area contributed by atoms with Crippen LogP contribution in [0, 0.1) is 0 Å². The number of amides is 1. The number of hydrogen-bond acceptors (Lipinski definition) is 6. The minimum Gasteiger partial charge on any atom is -0.378 e. The molecule has 1 aromatic heterocycles. The Balaban J connectivity index is 1.92. The van der Waals surface area contributed by atoms with Gasteiger partial charge < -0.3 is 20.4 Å². The Hall–Kier alpha value is -2.67. The molecule has 0 aliphatic carbocycles. The molecule has 0 fully saturated rings. The number of likely N-dealkylation sites (N-methyl/N-ethyl adjacent to an activating group) is 1. The van der Waals surface area contributed by atoms with Crippen molar-refractivity contribution in [1.29, 1.82) is 0 Å². The predicted molar refractivity (Wildman–Crippen MR) is 97.0 cm³/mol. The first kappa shape index (κ1) is 17.7. The molecule has 0 saturated heterocycles. The van der Waals surface area contributed by atoms with Crippen LogP contribution in [0.3, 0.4) is 0 Å². The van der Waals surface area contributed by atoms with Gasteiger partial charge in [-0.2, -0.15) is 0 Å². The number of anilines is 3. The summed E-state index contributed by atoms with van der Waals surface area (Å²) >= 11 is 0. The highest BCUT2D eigenvalue weighted by Crippen LogP contribution is 2.18. The summed E-state index contributed by atoms with van der Waals surface area (Å²) in [6.45, 7) is 1.35. The van der Waals surface area contributed by atoms with Crippen LogP contribution < -0.4 is 15.5 Å². The van der Waals surface area contributed by atoms with E-state index in [0.29, 0.717) is 18.1 Å². The van der Waals surface area contributed by atoms with Crippen LogP contribution in [0.1, 0.15) is 10.5 Å². The molecule has 2 rings (SSSR count). The van der Waals surface area contributed by atoms with E-state index in [2.05, 4.69) is 20.8 Å². The van der Waals surface area contributed by atoms with Crippen LogP contribution in [0.2, 0.25) is 0 Å². The monoisotopic (exact) mass is 328 g/mol. The summed E-state index contributed by atoms with van der Waals surface area (Å²) in [5.41, 5.74) is 2.34. The quantitative estimate of drug-likeness (QED) is 0.804. The standard InChI is InChI=1S/C17H24N6O/c1-22(2)12-11-18-17(24)15-9-10-16(21-20-15)19-13-5-7-14(8-6-13)23(3)4/h5-10H,11-12H2,1-4H3,(H,18,24)(H,19,21). The fraction of sp³-hybridized carbons (Fsp3) is 0.353. The van der Waals surface area contributed by atoms with E-state index in [4.69, 9.17) is 0 Å². The van der Waals surface area contributed by atoms with Gasteiger partial charge in [0.2, 0.25) is 0 Å². The Morgan fingerprint density at radius 1 is 1.00 bits per heavy atom. The fourth-order valence-corrected chi connectivity index (χ4v) is 1.99. The molecule has 1 heterocycles. The number of rotatable bonds is 7. The Morgan fingerprint density at radius 2 is 1.71 bits per heavy atom. The van der Waals surface area contributed by atoms with E-state index in [-0.39, 0.29) is 5.91 Å². The molecule has 0 saturated carbocycles. The van der Waals surface area contributed by atoms with Crippen molar-refractivity contribution in [3.63, 3.8) is 0 Å². The van der Waals surface area contributed by atoms with E-state index in [1.165, 1.54) is 0 Å². The second-order valence-electron chi connectivity index (χ2n) is 5.93. The first-order valence-electron chi connectivity index (χ1n) is 7.77. The molecule has 2 aromatic rings. The topological polar surface area (TPSA) is 73.4 Å². The molecular weight excluding hydrogens is 304 g/mol. The summed E-state index contributed by atoms with van der Waals surface area (Å²) in [7, 11) is 7.90. The van der Waals surface area contributed by atoms with E-state index >= 15 is 0 Å². The second-order valence-corrected chi connectivity index (χ2v) is 5.93. The third kappa shape index (κ3) is 5.20. The molecule has 0 radical (unpaired) electrons. The molecule has 2 N–H and O–H groups in total. The van der Waals surface area contributed by atoms with Crippen molar-refractivity contribution >= 4 is 23.1 Å². The molecule has 1 aromatic carbocycles. The normalized spacial score (nSPS) is 10.5. The zero-order chi connectivity index (χ0) is 17.5. The summed E-state index contributed by atoms with van der Waals surface area (Å²) in [4.78, 5) is 16.0. The molecule has 0 aliphatic rings. The zero-order valence-corrected chi connectivity index (χ0v) is 14.6. The van der Waals surface area contributed by atoms with Gasteiger partial charge in [-0.1, -0.05) is 0 Å². The highest BCUT2D eigenvalue weighted by molar-refractivity contribution is 5.92. The van der Waals surface area contributed by atoms with Crippen molar-refractivity contribution in [2.45, 2.75) is 0 Å². The van der Waals surface area contributed by atoms with Gasteiger partial charge >= 0.3 is 0 Å². The Kier molecular flexibility index (Phi) is 6.08. The average molecular weight is 328 g/mol. The molecule has 7 nitrogen and oxygen atoms in total. The van der Waals surface area contributed by atoms with Gasteiger partial charge in [0.05, 0.1) is 0 Å². The fourth-order valence-electron chi connectivity index (χ4n) is 1.99. The lowest BCUT2D eigenvalue weighted by atomic mass is 10.2. The predicted octanol–water partition coefficient (Wildman–Crippen LogP) is 1.58. The minimum absolute atomic E-state index is 0.216. The molecule has 0 aliphatic heterocycles. The lowest BCUT2D eigenvalue weighted by Crippen LogP contribution is -2.31. The average Bonchev–Trinajstić information content (AvgIpc) is 2.55. The molecule has 24 heavy (non-hydrogen) atoms. The number of carbonyl (C=O) groups is 1. The highest BCUT2D eigenvalue weighted by atomic mass is 16.1. The van der Waals surface area contributed by atoms with Crippen LogP contribution in [0.15, 0.2) is 36.4 Å². The van der Waals surface area contributed by atoms with Crippen LogP contribution in [0.5, 0.6) is 0 Å². The Morgan fingerprint density at radius 3 is 2.25 bits per heavy atom. The van der Waals surface area contributed by atoms with E-state index in [1.54, 1.807) is 12.1 Å². The van der Waals surface area contributed by atoms with E-state index in [9.17, 15) is 4.79 Å². The van der Waals surface area contributed by atoms with Gasteiger partial charge in [-0.3, -0.25) is 4.79 Å². The minimum atomic E-state index is -0.216. The van der Waals surface area contributed by atoms with Gasteiger partial charge in [0, 0.05) is 38.6 Å². The van der Waals surface area contributed by atoms with Crippen LogP contribution in [-0.4, -0.2) is 62.3 Å². The van der Waals surface area contributed by atoms with Crippen molar-refractivity contribution in [1.82, 2.24) is 20.4 Å². The maximum absolute atomic E-state index is 11.9. The van der Waals surface area contributed by atoms with Gasteiger partial charge in [0.25, 0.3) is 5.91 Å². The molecule has 0 bridgehead atoms. The summed E-state index contributed by atoms with van der Waals surface area (Å²) < 4.78 is 0. The van der Waals surface area contributed by atoms with Gasteiger partial charge in [-0.15, -0.1) is 10.2 Å². The maximum Gasteiger partial charge on any atom is 0.271 e. The molecule has 0 spiro atoms. The van der Waals surface area contributed by atoms with E-state index in [0.717, 1.165) is 17.9 Å². The van der Waals surface area contributed by atoms with Gasteiger partial charge in [-0.05, 0) is 50.5 Å². The molecule has 128 valence electrons. The third-order valence-corrected chi connectivity index (χ3v) is 3.40. The summed E-state index contributed by atoms with van der Waals surface area (Å²) in [6, 6.07) is 11.4. The highest BCUT2D eigenvalue weighted by Gasteiger charge is 2.08. The van der Waals surface area contributed by atoms with Crippen molar-refractivity contribution in [2.24, 2.45) is 0 Å². The van der Waals surface area contributed by atoms with E-state index < -0.39 is 0 Å². The van der Waals surface area contributed by atoms with Crippen molar-refractivity contribution < 1.29 is 4.79 Å². The van der Waals surface area contributed by atoms with Crippen molar-refractivity contribution in [2.75, 3.05) is 51.5 Å². The summed E-state index contributed by atoms with van der Waals surface area (Å²) in [5.74, 6) is 0.378. The Bertz CT molecular complexity index is 652. The number of hydrogen-bond donors (Lipinski definition) is 2. The van der Waals surface area contributed by atoms with Crippen molar-refractivity contribution in [3.05, 3.63) is 42.1 Å². The van der Waals surface area contributed by atoms with E-state index in [1.807, 2.05) is 62.3 Å². The number of aromatic nitrogens is 2. The van der Waals surface area contributed by atoms with Crippen LogP contribution >= 0.6 is 0 Å². The summed E-state index contributed by atoms with van der Waals surface area (Å²) in [5, 5.41) is 14.0. The number of benzene rings is 1. The van der Waals surface area contributed by atoms with Gasteiger partial charge in [0.1, 0.15) is 0 Å². The first-order chi connectivity index (χ1) is 11.5. The van der Waals surface area contributed by atoms with Crippen LogP contribution in [-0.2, 0) is 0 Å².